The van der Waals surface area contributed by atoms with Gasteiger partial charge in [-0.3, -0.25) is 14.4 Å². The van der Waals surface area contributed by atoms with E-state index in [0.717, 1.165) is 53.9 Å². The van der Waals surface area contributed by atoms with E-state index in [1.165, 1.54) is 29.2 Å². The molecule has 8 nitrogen and oxygen atoms in total. The predicted octanol–water partition coefficient (Wildman–Crippen LogP) is 8.77. The SMILES string of the molecule is CCOC(=O)c1c(NC(=O)C(C)Sc2cccc(NC(=O)/C(=C\c3ccccc3Cl)NC(=O)c3ccccc3)c2)sc2c1CCCCCC2. The molecular formula is C38H38ClN3O5S2. The normalized spacial score (nSPS) is 13.7. The summed E-state index contributed by atoms with van der Waals surface area (Å²) in [6.45, 7) is 3.83. The number of halogens is 1. The van der Waals surface area contributed by atoms with Crippen LogP contribution < -0.4 is 16.0 Å². The van der Waals surface area contributed by atoms with Gasteiger partial charge in [0.05, 0.1) is 17.4 Å². The van der Waals surface area contributed by atoms with Crippen LogP contribution in [0.3, 0.4) is 0 Å². The van der Waals surface area contributed by atoms with Crippen molar-refractivity contribution in [2.24, 2.45) is 0 Å². The molecular weight excluding hydrogens is 678 g/mol. The minimum Gasteiger partial charge on any atom is -0.462 e. The molecule has 1 aromatic heterocycles. The Morgan fingerprint density at radius 2 is 1.65 bits per heavy atom. The van der Waals surface area contributed by atoms with Crippen molar-refractivity contribution >= 4 is 75.2 Å². The average molecular weight is 716 g/mol. The third kappa shape index (κ3) is 9.62. The van der Waals surface area contributed by atoms with Gasteiger partial charge >= 0.3 is 5.97 Å². The summed E-state index contributed by atoms with van der Waals surface area (Å²) in [5.74, 6) is -1.63. The van der Waals surface area contributed by atoms with E-state index in [1.807, 2.05) is 6.07 Å². The second kappa shape index (κ2) is 17.3. The molecule has 1 heterocycles. The van der Waals surface area contributed by atoms with Crippen LogP contribution in [0, 0.1) is 0 Å². The number of thioether (sulfide) groups is 1. The largest absolute Gasteiger partial charge is 0.462 e. The van der Waals surface area contributed by atoms with Crippen molar-refractivity contribution in [1.82, 2.24) is 5.32 Å². The standard InChI is InChI=1S/C38H38ClN3O5S2/c1-3-47-38(46)33-29-19-9-4-5-10-21-32(29)49-37(33)42-34(43)24(2)48-28-18-13-17-27(23-28)40-36(45)31(22-26-16-11-12-20-30(26)39)41-35(44)25-14-7-6-8-15-25/h6-8,11-18,20,22-24H,3-5,9-10,19,21H2,1-2H3,(H,40,45)(H,41,44)(H,42,43)/b31-22+. The maximum atomic E-state index is 13.6. The molecule has 0 bridgehead atoms. The topological polar surface area (TPSA) is 114 Å². The summed E-state index contributed by atoms with van der Waals surface area (Å²) in [6, 6.07) is 22.7. The van der Waals surface area contributed by atoms with Crippen LogP contribution >= 0.6 is 34.7 Å². The molecule has 1 atom stereocenters. The van der Waals surface area contributed by atoms with Crippen LogP contribution in [-0.2, 0) is 27.2 Å². The third-order valence-electron chi connectivity index (χ3n) is 7.90. The van der Waals surface area contributed by atoms with E-state index in [4.69, 9.17) is 16.3 Å². The lowest BCUT2D eigenvalue weighted by Gasteiger charge is -2.15. The Morgan fingerprint density at radius 3 is 2.41 bits per heavy atom. The lowest BCUT2D eigenvalue weighted by Crippen LogP contribution is -2.30. The van der Waals surface area contributed by atoms with E-state index in [2.05, 4.69) is 16.0 Å². The molecule has 3 N–H and O–H groups in total. The number of thiophene rings is 1. The number of carbonyl (C=O) groups is 4. The summed E-state index contributed by atoms with van der Waals surface area (Å²) in [6.07, 6.45) is 7.54. The average Bonchev–Trinajstić information content (AvgIpc) is 3.41. The zero-order chi connectivity index (χ0) is 34.8. The van der Waals surface area contributed by atoms with Crippen molar-refractivity contribution in [3.8, 4) is 0 Å². The quantitative estimate of drug-likeness (QED) is 0.0813. The second-order valence-electron chi connectivity index (χ2n) is 11.5. The Morgan fingerprint density at radius 1 is 0.918 bits per heavy atom. The van der Waals surface area contributed by atoms with E-state index in [9.17, 15) is 19.2 Å². The Hall–Kier alpha value is -4.38. The van der Waals surface area contributed by atoms with Crippen LogP contribution in [-0.4, -0.2) is 35.5 Å². The van der Waals surface area contributed by atoms with Gasteiger partial charge in [0.25, 0.3) is 11.8 Å². The van der Waals surface area contributed by atoms with Crippen LogP contribution in [0.25, 0.3) is 6.08 Å². The van der Waals surface area contributed by atoms with E-state index < -0.39 is 23.0 Å². The van der Waals surface area contributed by atoms with E-state index in [0.29, 0.717) is 32.4 Å². The summed E-state index contributed by atoms with van der Waals surface area (Å²) < 4.78 is 5.39. The minimum atomic E-state index is -0.545. The fourth-order valence-electron chi connectivity index (χ4n) is 5.43. The molecule has 0 saturated carbocycles. The van der Waals surface area contributed by atoms with Crippen LogP contribution in [0.15, 0.2) is 89.5 Å². The minimum absolute atomic E-state index is 0.00945. The summed E-state index contributed by atoms with van der Waals surface area (Å²) in [4.78, 5) is 54.9. The Kier molecular flexibility index (Phi) is 12.7. The molecule has 3 aromatic carbocycles. The number of hydrogen-bond donors (Lipinski definition) is 3. The van der Waals surface area contributed by atoms with Crippen molar-refractivity contribution in [2.75, 3.05) is 17.2 Å². The van der Waals surface area contributed by atoms with Gasteiger partial charge in [-0.25, -0.2) is 4.79 Å². The molecule has 0 aliphatic heterocycles. The number of hydrogen-bond acceptors (Lipinski definition) is 7. The molecule has 0 saturated heterocycles. The van der Waals surface area contributed by atoms with Gasteiger partial charge in [0.15, 0.2) is 0 Å². The zero-order valence-electron chi connectivity index (χ0n) is 27.3. The molecule has 1 aliphatic rings. The Bertz CT molecular complexity index is 1860. The Balaban J connectivity index is 1.30. The predicted molar refractivity (Wildman–Crippen MR) is 199 cm³/mol. The molecule has 1 aliphatic carbocycles. The van der Waals surface area contributed by atoms with Gasteiger partial charge in [0, 0.05) is 26.0 Å². The van der Waals surface area contributed by atoms with E-state index in [-0.39, 0.29) is 18.2 Å². The molecule has 0 radical (unpaired) electrons. The number of fused-ring (bicyclic) bond motifs is 1. The van der Waals surface area contributed by atoms with Crippen molar-refractivity contribution in [3.05, 3.63) is 117 Å². The summed E-state index contributed by atoms with van der Waals surface area (Å²) in [5.41, 5.74) is 2.94. The number of benzene rings is 3. The van der Waals surface area contributed by atoms with Gasteiger partial charge in [-0.05, 0) is 93.1 Å². The molecule has 254 valence electrons. The molecule has 49 heavy (non-hydrogen) atoms. The van der Waals surface area contributed by atoms with Crippen molar-refractivity contribution in [1.29, 1.82) is 0 Å². The molecule has 11 heteroatoms. The van der Waals surface area contributed by atoms with Gasteiger partial charge in [0.1, 0.15) is 10.7 Å². The highest BCUT2D eigenvalue weighted by atomic mass is 35.5. The maximum absolute atomic E-state index is 13.6. The van der Waals surface area contributed by atoms with Gasteiger partial charge in [0.2, 0.25) is 5.91 Å². The number of ether oxygens (including phenoxy) is 1. The number of carbonyl (C=O) groups excluding carboxylic acids is 4. The van der Waals surface area contributed by atoms with Gasteiger partial charge in [-0.2, -0.15) is 0 Å². The summed E-state index contributed by atoms with van der Waals surface area (Å²) in [7, 11) is 0. The first-order chi connectivity index (χ1) is 23.7. The highest BCUT2D eigenvalue weighted by Crippen LogP contribution is 2.38. The smallest absolute Gasteiger partial charge is 0.341 e. The van der Waals surface area contributed by atoms with Crippen molar-refractivity contribution < 1.29 is 23.9 Å². The number of amides is 3. The monoisotopic (exact) mass is 715 g/mol. The van der Waals surface area contributed by atoms with Crippen LogP contribution in [0.5, 0.6) is 0 Å². The van der Waals surface area contributed by atoms with Crippen LogP contribution in [0.1, 0.15) is 76.3 Å². The first kappa shape index (κ1) is 35.9. The number of anilines is 2. The van der Waals surface area contributed by atoms with E-state index >= 15 is 0 Å². The van der Waals surface area contributed by atoms with Crippen LogP contribution in [0.4, 0.5) is 10.7 Å². The fraction of sp³-hybridized carbons (Fsp3) is 0.263. The zero-order valence-corrected chi connectivity index (χ0v) is 29.7. The molecule has 1 unspecified atom stereocenters. The van der Waals surface area contributed by atoms with E-state index in [1.54, 1.807) is 86.6 Å². The third-order valence-corrected chi connectivity index (χ3v) is 10.5. The first-order valence-corrected chi connectivity index (χ1v) is 18.3. The summed E-state index contributed by atoms with van der Waals surface area (Å²) in [5, 5.41) is 9.05. The lowest BCUT2D eigenvalue weighted by molar-refractivity contribution is -0.115. The highest BCUT2D eigenvalue weighted by Gasteiger charge is 2.27. The highest BCUT2D eigenvalue weighted by molar-refractivity contribution is 8.00. The maximum Gasteiger partial charge on any atom is 0.341 e. The van der Waals surface area contributed by atoms with Gasteiger partial charge < -0.3 is 20.7 Å². The summed E-state index contributed by atoms with van der Waals surface area (Å²) >= 11 is 9.16. The van der Waals surface area contributed by atoms with Gasteiger partial charge in [-0.15, -0.1) is 23.1 Å². The molecule has 3 amide bonds. The second-order valence-corrected chi connectivity index (χ2v) is 14.4. The van der Waals surface area contributed by atoms with Gasteiger partial charge in [-0.1, -0.05) is 66.9 Å². The van der Waals surface area contributed by atoms with Crippen LogP contribution in [0.2, 0.25) is 5.02 Å². The fourth-order valence-corrected chi connectivity index (χ4v) is 7.83. The first-order valence-electron chi connectivity index (χ1n) is 16.3. The Labute approximate surface area is 299 Å². The lowest BCUT2D eigenvalue weighted by atomic mass is 9.96. The van der Waals surface area contributed by atoms with Crippen molar-refractivity contribution in [2.45, 2.75) is 62.5 Å². The number of rotatable bonds is 11. The molecule has 0 spiro atoms. The number of esters is 1. The number of nitrogens with one attached hydrogen (secondary N) is 3. The number of aryl methyl sites for hydroxylation is 1. The van der Waals surface area contributed by atoms with Crippen molar-refractivity contribution in [3.63, 3.8) is 0 Å². The molecule has 4 aromatic rings. The molecule has 5 rings (SSSR count). The molecule has 0 fully saturated rings.